The average Bonchev–Trinajstić information content (AvgIpc) is 2.80. The molecule has 0 saturated carbocycles. The quantitative estimate of drug-likeness (QED) is 0.904. The van der Waals surface area contributed by atoms with Crippen LogP contribution in [0, 0.1) is 0 Å². The molecule has 0 saturated heterocycles. The third-order valence-corrected chi connectivity index (χ3v) is 3.69. The van der Waals surface area contributed by atoms with Gasteiger partial charge in [0, 0.05) is 12.2 Å². The topological polar surface area (TPSA) is 55.6 Å². The van der Waals surface area contributed by atoms with Gasteiger partial charge in [0.05, 0.1) is 12.6 Å². The highest BCUT2D eigenvalue weighted by Gasteiger charge is 2.35. The minimum Gasteiger partial charge on any atom is -0.497 e. The molecule has 1 aromatic rings. The van der Waals surface area contributed by atoms with Crippen molar-refractivity contribution < 1.29 is 9.53 Å². The van der Waals surface area contributed by atoms with Crippen molar-refractivity contribution in [1.29, 1.82) is 0 Å². The minimum absolute atomic E-state index is 0.0123. The van der Waals surface area contributed by atoms with Crippen molar-refractivity contribution in [2.75, 3.05) is 18.6 Å². The highest BCUT2D eigenvalue weighted by atomic mass is 16.5. The van der Waals surface area contributed by atoms with Crippen LogP contribution >= 0.6 is 0 Å². The van der Waals surface area contributed by atoms with Crippen molar-refractivity contribution in [1.82, 2.24) is 0 Å². The summed E-state index contributed by atoms with van der Waals surface area (Å²) in [6.07, 6.45) is 2.47. The molecule has 0 bridgehead atoms. The molecule has 19 heavy (non-hydrogen) atoms. The van der Waals surface area contributed by atoms with Gasteiger partial charge in [-0.3, -0.25) is 4.79 Å². The van der Waals surface area contributed by atoms with Crippen LogP contribution in [0.1, 0.15) is 32.3 Å². The Hall–Kier alpha value is -1.55. The molecule has 2 rings (SSSR count). The maximum Gasteiger partial charge on any atom is 0.246 e. The molecule has 0 radical (unpaired) electrons. The van der Waals surface area contributed by atoms with Gasteiger partial charge in [-0.25, -0.2) is 0 Å². The summed E-state index contributed by atoms with van der Waals surface area (Å²) < 4.78 is 5.21. The van der Waals surface area contributed by atoms with E-state index in [1.165, 1.54) is 0 Å². The molecule has 1 aliphatic heterocycles. The van der Waals surface area contributed by atoms with E-state index in [4.69, 9.17) is 10.5 Å². The van der Waals surface area contributed by atoms with Gasteiger partial charge in [-0.1, -0.05) is 13.3 Å². The van der Waals surface area contributed by atoms with Crippen LogP contribution in [0.4, 0.5) is 5.69 Å². The van der Waals surface area contributed by atoms with Gasteiger partial charge in [-0.05, 0) is 43.5 Å². The number of hydrogen-bond donors (Lipinski definition) is 1. The second-order valence-electron chi connectivity index (χ2n) is 5.37. The number of fused-ring (bicyclic) bond motifs is 1. The average molecular weight is 262 g/mol. The lowest BCUT2D eigenvalue weighted by Crippen LogP contribution is -2.53. The lowest BCUT2D eigenvalue weighted by atomic mass is 9.95. The molecule has 0 aliphatic carbocycles. The number of nitrogens with zero attached hydrogens (tertiary/aromatic N) is 1. The van der Waals surface area contributed by atoms with Crippen molar-refractivity contribution in [3.63, 3.8) is 0 Å². The third-order valence-electron chi connectivity index (χ3n) is 3.69. The first kappa shape index (κ1) is 13.9. The number of hydrogen-bond acceptors (Lipinski definition) is 3. The Labute approximate surface area is 114 Å². The Balaban J connectivity index is 2.25. The molecule has 1 heterocycles. The first-order valence-corrected chi connectivity index (χ1v) is 6.77. The van der Waals surface area contributed by atoms with E-state index < -0.39 is 5.54 Å². The first-order valence-electron chi connectivity index (χ1n) is 6.77. The molecule has 1 unspecified atom stereocenters. The number of anilines is 1. The van der Waals surface area contributed by atoms with Crippen molar-refractivity contribution >= 4 is 11.6 Å². The fraction of sp³-hybridized carbons (Fsp3) is 0.533. The van der Waals surface area contributed by atoms with Crippen LogP contribution in [-0.2, 0) is 11.2 Å². The van der Waals surface area contributed by atoms with E-state index in [0.29, 0.717) is 13.0 Å². The number of nitrogens with two attached hydrogens (primary N) is 1. The Morgan fingerprint density at radius 3 is 2.89 bits per heavy atom. The molecule has 1 aromatic carbocycles. The van der Waals surface area contributed by atoms with Crippen LogP contribution in [0.3, 0.4) is 0 Å². The normalized spacial score (nSPS) is 16.9. The Morgan fingerprint density at radius 2 is 2.26 bits per heavy atom. The number of carbonyl (C=O) groups excluding carboxylic acids is 1. The Kier molecular flexibility index (Phi) is 3.80. The summed E-state index contributed by atoms with van der Waals surface area (Å²) in [4.78, 5) is 14.4. The molecular formula is C15H22N2O2. The molecule has 0 spiro atoms. The van der Waals surface area contributed by atoms with Gasteiger partial charge in [0.25, 0.3) is 0 Å². The van der Waals surface area contributed by atoms with Crippen molar-refractivity contribution in [2.24, 2.45) is 5.73 Å². The summed E-state index contributed by atoms with van der Waals surface area (Å²) in [6, 6.07) is 5.83. The number of benzene rings is 1. The zero-order chi connectivity index (χ0) is 14.0. The molecular weight excluding hydrogens is 240 g/mol. The minimum atomic E-state index is -0.781. The highest BCUT2D eigenvalue weighted by molar-refractivity contribution is 6.01. The van der Waals surface area contributed by atoms with E-state index in [-0.39, 0.29) is 5.91 Å². The summed E-state index contributed by atoms with van der Waals surface area (Å²) in [6.45, 7) is 4.57. The van der Waals surface area contributed by atoms with E-state index in [1.807, 2.05) is 36.9 Å². The second kappa shape index (κ2) is 5.21. The third kappa shape index (κ3) is 2.59. The molecule has 4 heteroatoms. The van der Waals surface area contributed by atoms with Crippen molar-refractivity contribution in [2.45, 2.75) is 38.6 Å². The van der Waals surface area contributed by atoms with Crippen LogP contribution in [0.2, 0.25) is 0 Å². The van der Waals surface area contributed by atoms with Crippen LogP contribution < -0.4 is 15.4 Å². The Bertz CT molecular complexity index is 483. The fourth-order valence-corrected chi connectivity index (χ4v) is 2.65. The molecule has 0 fully saturated rings. The summed E-state index contributed by atoms with van der Waals surface area (Å²) in [5, 5.41) is 0. The van der Waals surface area contributed by atoms with Gasteiger partial charge in [0.1, 0.15) is 5.75 Å². The van der Waals surface area contributed by atoms with E-state index in [0.717, 1.165) is 29.8 Å². The van der Waals surface area contributed by atoms with Crippen LogP contribution in [0.25, 0.3) is 0 Å². The maximum absolute atomic E-state index is 12.5. The van der Waals surface area contributed by atoms with Gasteiger partial charge in [0.2, 0.25) is 5.91 Å². The molecule has 2 N–H and O–H groups in total. The fourth-order valence-electron chi connectivity index (χ4n) is 2.65. The van der Waals surface area contributed by atoms with Crippen LogP contribution in [0.5, 0.6) is 5.75 Å². The predicted molar refractivity (Wildman–Crippen MR) is 76.6 cm³/mol. The van der Waals surface area contributed by atoms with Gasteiger partial charge in [-0.2, -0.15) is 0 Å². The molecule has 104 valence electrons. The Morgan fingerprint density at radius 1 is 1.53 bits per heavy atom. The second-order valence-corrected chi connectivity index (χ2v) is 5.37. The van der Waals surface area contributed by atoms with Gasteiger partial charge in [0.15, 0.2) is 0 Å². The van der Waals surface area contributed by atoms with E-state index in [1.54, 1.807) is 7.11 Å². The standard InChI is InChI=1S/C15H22N2O2/c1-4-8-15(2,16)14(18)17-9-7-11-10-12(19-3)5-6-13(11)17/h5-6,10H,4,7-9,16H2,1-3H3. The number of methoxy groups -OCH3 is 1. The van der Waals surface area contributed by atoms with Crippen LogP contribution in [0.15, 0.2) is 18.2 Å². The summed E-state index contributed by atoms with van der Waals surface area (Å²) >= 11 is 0. The maximum atomic E-state index is 12.5. The monoisotopic (exact) mass is 262 g/mol. The largest absolute Gasteiger partial charge is 0.497 e. The summed E-state index contributed by atoms with van der Waals surface area (Å²) in [5.41, 5.74) is 7.49. The molecule has 4 nitrogen and oxygen atoms in total. The number of rotatable bonds is 4. The number of ether oxygens (including phenoxy) is 1. The zero-order valence-electron chi connectivity index (χ0n) is 11.9. The van der Waals surface area contributed by atoms with Gasteiger partial charge in [-0.15, -0.1) is 0 Å². The van der Waals surface area contributed by atoms with E-state index in [9.17, 15) is 4.79 Å². The molecule has 1 atom stereocenters. The summed E-state index contributed by atoms with van der Waals surface area (Å²) in [5.74, 6) is 0.843. The lowest BCUT2D eigenvalue weighted by Gasteiger charge is -2.29. The van der Waals surface area contributed by atoms with Gasteiger partial charge < -0.3 is 15.4 Å². The SMILES string of the molecule is CCCC(C)(N)C(=O)N1CCc2cc(OC)ccc21. The molecule has 1 amide bonds. The van der Waals surface area contributed by atoms with Crippen molar-refractivity contribution in [3.05, 3.63) is 23.8 Å². The number of carbonyl (C=O) groups is 1. The molecule has 1 aliphatic rings. The van der Waals surface area contributed by atoms with Crippen LogP contribution in [-0.4, -0.2) is 25.1 Å². The summed E-state index contributed by atoms with van der Waals surface area (Å²) in [7, 11) is 1.65. The van der Waals surface area contributed by atoms with Crippen molar-refractivity contribution in [3.8, 4) is 5.75 Å². The van der Waals surface area contributed by atoms with Gasteiger partial charge >= 0.3 is 0 Å². The first-order chi connectivity index (χ1) is 8.99. The lowest BCUT2D eigenvalue weighted by molar-refractivity contribution is -0.123. The predicted octanol–water partition coefficient (Wildman–Crippen LogP) is 2.10. The number of amides is 1. The highest BCUT2D eigenvalue weighted by Crippen LogP contribution is 2.32. The van der Waals surface area contributed by atoms with E-state index in [2.05, 4.69) is 0 Å². The van der Waals surface area contributed by atoms with E-state index >= 15 is 0 Å². The smallest absolute Gasteiger partial charge is 0.246 e. The zero-order valence-corrected chi connectivity index (χ0v) is 11.9. The molecule has 0 aromatic heterocycles.